The van der Waals surface area contributed by atoms with Gasteiger partial charge in [0.15, 0.2) is 6.10 Å². The second-order valence-electron chi connectivity index (χ2n) is 16.5. The molecule has 0 radical (unpaired) electrons. The van der Waals surface area contributed by atoms with Crippen molar-refractivity contribution in [2.75, 3.05) is 47.1 Å². The number of ether oxygens (including phenoxy) is 3. The number of nitrogens with one attached hydrogen (secondary N) is 1. The Labute approximate surface area is 355 Å². The predicted molar refractivity (Wildman–Crippen MR) is 233 cm³/mol. The number of phosphoric acid groups is 1. The summed E-state index contributed by atoms with van der Waals surface area (Å²) in [7, 11) is -0.946. The minimum absolute atomic E-state index is 0.0622. The van der Waals surface area contributed by atoms with Gasteiger partial charge in [-0.05, 0) is 57.3 Å². The van der Waals surface area contributed by atoms with E-state index in [0.29, 0.717) is 25.5 Å². The van der Waals surface area contributed by atoms with Gasteiger partial charge in [-0.15, -0.1) is 0 Å². The van der Waals surface area contributed by atoms with Crippen molar-refractivity contribution in [3.05, 3.63) is 12.2 Å². The summed E-state index contributed by atoms with van der Waals surface area (Å²) < 4.78 is 38.8. The normalized spacial score (nSPS) is 13.8. The first kappa shape index (κ1) is 56.2. The predicted octanol–water partition coefficient (Wildman–Crippen LogP) is 10.2. The number of phosphoric ester groups is 1. The van der Waals surface area contributed by atoms with E-state index in [1.54, 1.807) is 0 Å². The summed E-state index contributed by atoms with van der Waals surface area (Å²) >= 11 is 0. The van der Waals surface area contributed by atoms with Crippen molar-refractivity contribution in [2.24, 2.45) is 5.92 Å². The zero-order valence-electron chi connectivity index (χ0n) is 37.9. The van der Waals surface area contributed by atoms with Crippen molar-refractivity contribution in [3.8, 4) is 0 Å². The molecule has 0 aromatic carbocycles. The summed E-state index contributed by atoms with van der Waals surface area (Å²) in [4.78, 5) is 51.2. The molecule has 0 aliphatic rings. The van der Waals surface area contributed by atoms with Gasteiger partial charge in [0.2, 0.25) is 0 Å². The minimum Gasteiger partial charge on any atom is -0.756 e. The molecule has 0 saturated heterocycles. The number of likely N-dealkylation sites (N-methyl/N-ethyl adjacent to an activating group) is 1. The highest BCUT2D eigenvalue weighted by atomic mass is 31.2. The number of esters is 3. The Morgan fingerprint density at radius 1 is 0.552 bits per heavy atom. The van der Waals surface area contributed by atoms with Crippen LogP contribution >= 0.6 is 7.82 Å². The molecule has 0 saturated carbocycles. The number of hydrogen-bond donors (Lipinski definition) is 1. The van der Waals surface area contributed by atoms with Crippen molar-refractivity contribution in [1.82, 2.24) is 0 Å². The van der Waals surface area contributed by atoms with E-state index >= 15 is 0 Å². The van der Waals surface area contributed by atoms with E-state index in [0.717, 1.165) is 69.1 Å². The van der Waals surface area contributed by atoms with E-state index in [9.17, 15) is 23.8 Å². The average Bonchev–Trinajstić information content (AvgIpc) is 3.18. The molecule has 0 aliphatic carbocycles. The van der Waals surface area contributed by atoms with Crippen LogP contribution in [0, 0.1) is 5.92 Å². The number of carbonyl (C=O) groups is 3. The molecule has 0 aromatic heterocycles. The molecular formula is C46H88NO10P. The van der Waals surface area contributed by atoms with E-state index in [1.807, 2.05) is 14.1 Å². The second-order valence-corrected chi connectivity index (χ2v) is 17.9. The molecule has 3 atom stereocenters. The van der Waals surface area contributed by atoms with Crippen molar-refractivity contribution < 1.29 is 52.0 Å². The topological polar surface area (TPSA) is 142 Å². The molecular weight excluding hydrogens is 757 g/mol. The fourth-order valence-corrected chi connectivity index (χ4v) is 7.31. The van der Waals surface area contributed by atoms with E-state index < -0.39 is 32.5 Å². The molecule has 58 heavy (non-hydrogen) atoms. The fourth-order valence-electron chi connectivity index (χ4n) is 6.58. The zero-order chi connectivity index (χ0) is 43.0. The first-order chi connectivity index (χ1) is 28.0. The van der Waals surface area contributed by atoms with Crippen molar-refractivity contribution in [1.29, 1.82) is 0 Å². The van der Waals surface area contributed by atoms with Gasteiger partial charge in [0.25, 0.3) is 7.82 Å². The Morgan fingerprint density at radius 2 is 1.00 bits per heavy atom. The van der Waals surface area contributed by atoms with Crippen LogP contribution in [-0.2, 0) is 42.2 Å². The Bertz CT molecular complexity index is 1060. The molecule has 0 amide bonds. The largest absolute Gasteiger partial charge is 0.756 e. The lowest BCUT2D eigenvalue weighted by molar-refractivity contribution is -0.858. The van der Waals surface area contributed by atoms with Crippen molar-refractivity contribution >= 4 is 25.7 Å². The summed E-state index contributed by atoms with van der Waals surface area (Å²) in [6.07, 6.45) is 33.1. The van der Waals surface area contributed by atoms with Crippen LogP contribution in [0.1, 0.15) is 207 Å². The summed E-state index contributed by atoms with van der Waals surface area (Å²) in [5.74, 6) is -1.09. The third kappa shape index (κ3) is 39.7. The van der Waals surface area contributed by atoms with Crippen molar-refractivity contribution in [3.63, 3.8) is 0 Å². The van der Waals surface area contributed by atoms with Crippen LogP contribution in [0.5, 0.6) is 0 Å². The van der Waals surface area contributed by atoms with Gasteiger partial charge in [0.05, 0.1) is 27.3 Å². The smallest absolute Gasteiger partial charge is 0.306 e. The summed E-state index contributed by atoms with van der Waals surface area (Å²) in [5.41, 5.74) is 0. The standard InChI is InChI=1S/C46H88NO10P/c1-6-9-12-15-17-18-19-20-21-22-23-24-25-27-30-34-44(48)54-40-43(41-56-58(51,52)55-38-37-47(4)5)57-46(50)36-31-35-45(49)53-39-42(32-28-14-11-8-3)33-29-26-16-13-10-7-2/h20-21,42-43H,6-19,22-41H2,1-5H3,(H,51,52)/b21-20-/t42?,43-/m1/s1. The SMILES string of the molecule is CCCCCCCC/C=C\CCCCCCCC(=O)OC[C@H](COP(=O)([O-])OCC[NH+](C)C)OC(=O)CCCC(=O)OCC(CCCCCC)CCCCCCCC. The monoisotopic (exact) mass is 846 g/mol. The zero-order valence-corrected chi connectivity index (χ0v) is 38.8. The van der Waals surface area contributed by atoms with E-state index in [4.69, 9.17) is 23.3 Å². The van der Waals surface area contributed by atoms with Gasteiger partial charge in [-0.3, -0.25) is 18.9 Å². The van der Waals surface area contributed by atoms with Crippen LogP contribution in [0.25, 0.3) is 0 Å². The van der Waals surface area contributed by atoms with Crippen LogP contribution in [-0.4, -0.2) is 71.1 Å². The highest BCUT2D eigenvalue weighted by molar-refractivity contribution is 7.45. The third-order valence-electron chi connectivity index (χ3n) is 10.3. The quantitative estimate of drug-likeness (QED) is 0.0207. The molecule has 0 aliphatic heterocycles. The molecule has 0 heterocycles. The maximum atomic E-state index is 12.8. The van der Waals surface area contributed by atoms with Crippen LogP contribution in [0.4, 0.5) is 0 Å². The van der Waals surface area contributed by atoms with Gasteiger partial charge in [0.1, 0.15) is 19.8 Å². The first-order valence-corrected chi connectivity index (χ1v) is 25.0. The lowest BCUT2D eigenvalue weighted by atomic mass is 9.95. The molecule has 11 nitrogen and oxygen atoms in total. The number of hydrogen-bond acceptors (Lipinski definition) is 10. The third-order valence-corrected chi connectivity index (χ3v) is 11.3. The fraction of sp³-hybridized carbons (Fsp3) is 0.891. The van der Waals surface area contributed by atoms with Gasteiger partial charge in [-0.1, -0.05) is 148 Å². The first-order valence-electron chi connectivity index (χ1n) is 23.6. The Hall–Kier alpha value is -1.78. The molecule has 0 bridgehead atoms. The van der Waals surface area contributed by atoms with Crippen LogP contribution in [0.15, 0.2) is 12.2 Å². The van der Waals surface area contributed by atoms with Gasteiger partial charge in [-0.25, -0.2) is 0 Å². The molecule has 0 fully saturated rings. The van der Waals surface area contributed by atoms with E-state index in [1.165, 1.54) is 89.9 Å². The maximum absolute atomic E-state index is 12.8. The number of quaternary nitrogens is 1. The lowest BCUT2D eigenvalue weighted by Crippen LogP contribution is -3.06. The highest BCUT2D eigenvalue weighted by Gasteiger charge is 2.22. The average molecular weight is 846 g/mol. The molecule has 2 unspecified atom stereocenters. The van der Waals surface area contributed by atoms with Gasteiger partial charge >= 0.3 is 17.9 Å². The molecule has 1 N–H and O–H groups in total. The summed E-state index contributed by atoms with van der Waals surface area (Å²) in [6, 6.07) is 0. The van der Waals surface area contributed by atoms with Crippen LogP contribution in [0.2, 0.25) is 0 Å². The molecule has 0 aromatic rings. The highest BCUT2D eigenvalue weighted by Crippen LogP contribution is 2.38. The molecule has 0 spiro atoms. The molecule has 342 valence electrons. The van der Waals surface area contributed by atoms with Crippen molar-refractivity contribution in [2.45, 2.75) is 213 Å². The van der Waals surface area contributed by atoms with E-state index in [-0.39, 0.29) is 44.9 Å². The Balaban J connectivity index is 4.70. The number of carbonyl (C=O) groups excluding carboxylic acids is 3. The molecule has 12 heteroatoms. The lowest BCUT2D eigenvalue weighted by Gasteiger charge is -2.25. The summed E-state index contributed by atoms with van der Waals surface area (Å²) in [5, 5.41) is 0. The number of unbranched alkanes of at least 4 members (excludes halogenated alkanes) is 19. The second kappa shape index (κ2) is 40.6. The van der Waals surface area contributed by atoms with Crippen LogP contribution < -0.4 is 9.79 Å². The minimum atomic E-state index is -4.68. The maximum Gasteiger partial charge on any atom is 0.306 e. The van der Waals surface area contributed by atoms with Gasteiger partial charge in [0, 0.05) is 19.3 Å². The van der Waals surface area contributed by atoms with Gasteiger partial charge in [-0.2, -0.15) is 0 Å². The molecule has 0 rings (SSSR count). The van der Waals surface area contributed by atoms with Gasteiger partial charge < -0.3 is 33.1 Å². The van der Waals surface area contributed by atoms with Crippen LogP contribution in [0.3, 0.4) is 0 Å². The number of allylic oxidation sites excluding steroid dienone is 2. The summed E-state index contributed by atoms with van der Waals surface area (Å²) in [6.45, 7) is 6.55. The van der Waals surface area contributed by atoms with E-state index in [2.05, 4.69) is 32.9 Å². The Kier molecular flexibility index (Phi) is 39.4. The number of rotatable bonds is 43. The Morgan fingerprint density at radius 3 is 1.55 bits per heavy atom.